The summed E-state index contributed by atoms with van der Waals surface area (Å²) >= 11 is 0. The highest BCUT2D eigenvalue weighted by atomic mass is 16.3. The van der Waals surface area contributed by atoms with Crippen LogP contribution in [-0.4, -0.2) is 71.9 Å². The molecule has 4 atom stereocenters. The highest BCUT2D eigenvalue weighted by Gasteiger charge is 2.31. The second-order valence-electron chi connectivity index (χ2n) is 10.8. The minimum Gasteiger partial charge on any atom is -0.508 e. The molecule has 5 amide bonds. The minimum atomic E-state index is -1.06. The van der Waals surface area contributed by atoms with Crippen molar-refractivity contribution in [2.75, 3.05) is 13.1 Å². The Kier molecular flexibility index (Phi) is 16.8. The number of phenolic OH excluding ortho intramolecular Hbond substituents is 1. The molecule has 0 aliphatic heterocycles. The van der Waals surface area contributed by atoms with Crippen LogP contribution in [0, 0.1) is 5.92 Å². The molecule has 0 aliphatic rings. The first-order chi connectivity index (χ1) is 19.9. The normalized spacial score (nSPS) is 13.9. The van der Waals surface area contributed by atoms with Gasteiger partial charge in [-0.3, -0.25) is 24.0 Å². The lowest BCUT2D eigenvalue weighted by atomic mass is 10.00. The summed E-state index contributed by atoms with van der Waals surface area (Å²) in [6.07, 6.45) is 3.63. The Labute approximate surface area is 248 Å². The maximum atomic E-state index is 13.5. The van der Waals surface area contributed by atoms with Crippen molar-refractivity contribution < 1.29 is 29.1 Å². The number of nitrogens with two attached hydrogens (primary N) is 3. The number of carbonyl (C=O) groups is 5. The zero-order valence-electron chi connectivity index (χ0n) is 25.0. The van der Waals surface area contributed by atoms with Gasteiger partial charge in [0, 0.05) is 6.42 Å². The van der Waals surface area contributed by atoms with Crippen LogP contribution in [-0.2, 0) is 30.4 Å². The molecule has 0 spiro atoms. The summed E-state index contributed by atoms with van der Waals surface area (Å²) in [6.45, 7) is 5.85. The first kappa shape index (κ1) is 36.3. The molecular weight excluding hydrogens is 542 g/mol. The van der Waals surface area contributed by atoms with Crippen molar-refractivity contribution in [1.82, 2.24) is 21.3 Å². The monoisotopic (exact) mass is 591 g/mol. The Morgan fingerprint density at radius 1 is 0.762 bits per heavy atom. The van der Waals surface area contributed by atoms with Crippen LogP contribution in [0.1, 0.15) is 71.3 Å². The summed E-state index contributed by atoms with van der Waals surface area (Å²) in [4.78, 5) is 64.0. The number of primary amides is 1. The zero-order valence-corrected chi connectivity index (χ0v) is 25.0. The summed E-state index contributed by atoms with van der Waals surface area (Å²) in [7, 11) is 0. The van der Waals surface area contributed by atoms with Gasteiger partial charge in [-0.15, -0.1) is 0 Å². The van der Waals surface area contributed by atoms with Crippen LogP contribution < -0.4 is 38.5 Å². The first-order valence-electron chi connectivity index (χ1n) is 14.6. The Hall–Kier alpha value is -3.71. The van der Waals surface area contributed by atoms with Crippen LogP contribution in [0.2, 0.25) is 0 Å². The van der Waals surface area contributed by atoms with Gasteiger partial charge in [-0.05, 0) is 62.3 Å². The molecule has 0 unspecified atom stereocenters. The Morgan fingerprint density at radius 2 is 1.29 bits per heavy atom. The summed E-state index contributed by atoms with van der Waals surface area (Å²) in [5, 5.41) is 20.2. The van der Waals surface area contributed by atoms with Crippen LogP contribution in [0.25, 0.3) is 0 Å². The van der Waals surface area contributed by atoms with Gasteiger partial charge in [-0.25, -0.2) is 0 Å². The Bertz CT molecular complexity index is 1020. The van der Waals surface area contributed by atoms with Crippen LogP contribution in [0.3, 0.4) is 0 Å². The molecule has 0 radical (unpaired) electrons. The third kappa shape index (κ3) is 13.8. The Morgan fingerprint density at radius 3 is 1.81 bits per heavy atom. The predicted octanol–water partition coefficient (Wildman–Crippen LogP) is -0.317. The summed E-state index contributed by atoms with van der Waals surface area (Å²) in [6, 6.07) is 2.23. The lowest BCUT2D eigenvalue weighted by Crippen LogP contribution is -2.58. The molecule has 1 aromatic carbocycles. The molecule has 0 fully saturated rings. The van der Waals surface area contributed by atoms with E-state index >= 15 is 0 Å². The summed E-state index contributed by atoms with van der Waals surface area (Å²) in [5.74, 6) is -2.87. The third-order valence-electron chi connectivity index (χ3n) is 6.64. The molecule has 1 aromatic rings. The number of aromatic hydroxyl groups is 1. The van der Waals surface area contributed by atoms with Crippen molar-refractivity contribution in [2.45, 2.75) is 96.3 Å². The fourth-order valence-corrected chi connectivity index (χ4v) is 4.30. The molecule has 11 N–H and O–H groups in total. The van der Waals surface area contributed by atoms with E-state index in [0.717, 1.165) is 6.42 Å². The minimum absolute atomic E-state index is 0.000331. The van der Waals surface area contributed by atoms with Gasteiger partial charge in [-0.2, -0.15) is 0 Å². The molecule has 236 valence electrons. The number of hydrogen-bond donors (Lipinski definition) is 8. The van der Waals surface area contributed by atoms with Gasteiger partial charge < -0.3 is 43.6 Å². The maximum Gasteiger partial charge on any atom is 0.243 e. The molecule has 0 heterocycles. The molecule has 42 heavy (non-hydrogen) atoms. The largest absolute Gasteiger partial charge is 0.508 e. The van der Waals surface area contributed by atoms with Crippen molar-refractivity contribution in [1.29, 1.82) is 0 Å². The van der Waals surface area contributed by atoms with Gasteiger partial charge in [-0.1, -0.05) is 45.7 Å². The fraction of sp³-hybridized carbons (Fsp3) is 0.621. The summed E-state index contributed by atoms with van der Waals surface area (Å²) < 4.78 is 0. The van der Waals surface area contributed by atoms with Crippen LogP contribution in [0.5, 0.6) is 5.75 Å². The lowest BCUT2D eigenvalue weighted by Gasteiger charge is -2.27. The van der Waals surface area contributed by atoms with E-state index in [0.29, 0.717) is 37.8 Å². The maximum absolute atomic E-state index is 13.5. The van der Waals surface area contributed by atoms with Crippen molar-refractivity contribution in [3.63, 3.8) is 0 Å². The number of amides is 5. The zero-order chi connectivity index (χ0) is 31.7. The second-order valence-corrected chi connectivity index (χ2v) is 10.8. The molecule has 0 saturated carbocycles. The standard InChI is InChI=1S/C29H49N7O6/c1-4-5-8-21(33-25(38)17-31)27(40)34-22(9-6-7-14-30)28(41)36-24(15-18(2)3)29(42)35-23(26(32)39)16-19-10-12-20(37)13-11-19/h10-13,18,21-24,37H,4-9,14-17,30-31H2,1-3H3,(H2,32,39)(H,33,38)(H,34,40)(H,35,42)(H,36,41)/t21-,22-,23-,24-/m0/s1. The van der Waals surface area contributed by atoms with E-state index in [1.54, 1.807) is 12.1 Å². The van der Waals surface area contributed by atoms with Crippen LogP contribution in [0.15, 0.2) is 24.3 Å². The van der Waals surface area contributed by atoms with Gasteiger partial charge in [0.15, 0.2) is 0 Å². The van der Waals surface area contributed by atoms with E-state index in [-0.39, 0.29) is 37.5 Å². The quantitative estimate of drug-likeness (QED) is 0.0934. The number of benzene rings is 1. The SMILES string of the molecule is CCCC[C@H](NC(=O)CN)C(=O)N[C@@H](CCCCN)C(=O)N[C@@H](CC(C)C)C(=O)N[C@@H](Cc1ccc(O)cc1)C(N)=O. The molecule has 0 saturated heterocycles. The van der Waals surface area contributed by atoms with E-state index in [9.17, 15) is 29.1 Å². The van der Waals surface area contributed by atoms with Gasteiger partial charge in [0.05, 0.1) is 6.54 Å². The van der Waals surface area contributed by atoms with E-state index in [2.05, 4.69) is 21.3 Å². The highest BCUT2D eigenvalue weighted by Crippen LogP contribution is 2.13. The number of phenols is 1. The van der Waals surface area contributed by atoms with Crippen molar-refractivity contribution >= 4 is 29.5 Å². The van der Waals surface area contributed by atoms with E-state index < -0.39 is 53.7 Å². The third-order valence-corrected chi connectivity index (χ3v) is 6.64. The van der Waals surface area contributed by atoms with Crippen LogP contribution in [0.4, 0.5) is 0 Å². The molecule has 13 heteroatoms. The first-order valence-corrected chi connectivity index (χ1v) is 14.6. The Balaban J connectivity index is 3.10. The average molecular weight is 592 g/mol. The van der Waals surface area contributed by atoms with Gasteiger partial charge in [0.25, 0.3) is 0 Å². The molecule has 1 rings (SSSR count). The topological polar surface area (TPSA) is 232 Å². The number of nitrogens with one attached hydrogen (secondary N) is 4. The number of carbonyl (C=O) groups excluding carboxylic acids is 5. The van der Waals surface area contributed by atoms with Crippen molar-refractivity contribution in [3.8, 4) is 5.75 Å². The van der Waals surface area contributed by atoms with Crippen LogP contribution >= 0.6 is 0 Å². The number of hydrogen-bond acceptors (Lipinski definition) is 8. The van der Waals surface area contributed by atoms with E-state index in [4.69, 9.17) is 17.2 Å². The van der Waals surface area contributed by atoms with Gasteiger partial charge in [0.1, 0.15) is 29.9 Å². The summed E-state index contributed by atoms with van der Waals surface area (Å²) in [5.41, 5.74) is 17.3. The smallest absolute Gasteiger partial charge is 0.243 e. The fourth-order valence-electron chi connectivity index (χ4n) is 4.30. The van der Waals surface area contributed by atoms with Crippen molar-refractivity contribution in [2.24, 2.45) is 23.1 Å². The van der Waals surface area contributed by atoms with E-state index in [1.165, 1.54) is 12.1 Å². The number of rotatable bonds is 20. The van der Waals surface area contributed by atoms with Gasteiger partial charge in [0.2, 0.25) is 29.5 Å². The predicted molar refractivity (Wildman–Crippen MR) is 160 cm³/mol. The molecular formula is C29H49N7O6. The second kappa shape index (κ2) is 19.4. The van der Waals surface area contributed by atoms with Gasteiger partial charge >= 0.3 is 0 Å². The molecule has 0 bridgehead atoms. The lowest BCUT2D eigenvalue weighted by molar-refractivity contribution is -0.134. The molecule has 0 aromatic heterocycles. The molecule has 0 aliphatic carbocycles. The average Bonchev–Trinajstić information content (AvgIpc) is 2.94. The number of unbranched alkanes of at least 4 members (excludes halogenated alkanes) is 2. The molecule has 13 nitrogen and oxygen atoms in total. The van der Waals surface area contributed by atoms with E-state index in [1.807, 2.05) is 20.8 Å². The van der Waals surface area contributed by atoms with Crippen molar-refractivity contribution in [3.05, 3.63) is 29.8 Å². The highest BCUT2D eigenvalue weighted by molar-refractivity contribution is 5.95.